The van der Waals surface area contributed by atoms with E-state index in [0.717, 1.165) is 25.6 Å². The number of nitrogens with zero attached hydrogens (tertiary/aromatic N) is 2. The molecule has 4 heteroatoms. The predicted octanol–water partition coefficient (Wildman–Crippen LogP) is -0.158. The second-order valence-electron chi connectivity index (χ2n) is 4.40. The minimum atomic E-state index is 0.306. The molecule has 96 valence electrons. The fourth-order valence-electron chi connectivity index (χ4n) is 2.38. The number of hydrogen-bond donors (Lipinski definition) is 2. The molecule has 0 amide bonds. The Balaban J connectivity index is 0.000000606. The molecule has 2 fully saturated rings. The summed E-state index contributed by atoms with van der Waals surface area (Å²) in [6.07, 6.45) is 0. The van der Waals surface area contributed by atoms with Gasteiger partial charge in [0.05, 0.1) is 6.61 Å². The highest BCUT2D eigenvalue weighted by Crippen LogP contribution is 2.16. The third kappa shape index (κ3) is 4.37. The van der Waals surface area contributed by atoms with Gasteiger partial charge in [0.1, 0.15) is 0 Å². The predicted molar refractivity (Wildman–Crippen MR) is 67.7 cm³/mol. The Hall–Kier alpha value is -0.160. The van der Waals surface area contributed by atoms with Gasteiger partial charge in [-0.3, -0.25) is 0 Å². The second kappa shape index (κ2) is 8.01. The lowest BCUT2D eigenvalue weighted by atomic mass is 9.99. The normalized spacial score (nSPS) is 23.4. The van der Waals surface area contributed by atoms with Gasteiger partial charge in [0, 0.05) is 52.4 Å². The molecule has 2 heterocycles. The van der Waals surface area contributed by atoms with E-state index in [1.165, 1.54) is 32.7 Å². The molecule has 2 N–H and O–H groups in total. The molecule has 2 aliphatic rings. The summed E-state index contributed by atoms with van der Waals surface area (Å²) in [5.74, 6) is 0.847. The van der Waals surface area contributed by atoms with Gasteiger partial charge in [0.15, 0.2) is 0 Å². The van der Waals surface area contributed by atoms with Gasteiger partial charge >= 0.3 is 0 Å². The van der Waals surface area contributed by atoms with E-state index in [0.29, 0.717) is 6.61 Å². The van der Waals surface area contributed by atoms with Gasteiger partial charge in [0.2, 0.25) is 0 Å². The van der Waals surface area contributed by atoms with Crippen molar-refractivity contribution < 1.29 is 5.11 Å². The summed E-state index contributed by atoms with van der Waals surface area (Å²) in [6, 6.07) is 0. The molecule has 0 aromatic rings. The van der Waals surface area contributed by atoms with Crippen LogP contribution in [0.3, 0.4) is 0 Å². The van der Waals surface area contributed by atoms with Crippen molar-refractivity contribution in [1.29, 1.82) is 0 Å². The van der Waals surface area contributed by atoms with Crippen molar-refractivity contribution in [3.8, 4) is 0 Å². The molecule has 0 spiro atoms. The van der Waals surface area contributed by atoms with Crippen molar-refractivity contribution in [2.75, 3.05) is 59.0 Å². The molecular formula is C12H27N3O. The molecule has 0 atom stereocenters. The number of aliphatic hydroxyl groups is 1. The zero-order chi connectivity index (χ0) is 11.8. The summed E-state index contributed by atoms with van der Waals surface area (Å²) >= 11 is 0. The third-order valence-corrected chi connectivity index (χ3v) is 3.18. The van der Waals surface area contributed by atoms with Gasteiger partial charge in [-0.25, -0.2) is 0 Å². The van der Waals surface area contributed by atoms with Crippen LogP contribution in [0.2, 0.25) is 0 Å². The van der Waals surface area contributed by atoms with E-state index in [4.69, 9.17) is 5.11 Å². The third-order valence-electron chi connectivity index (χ3n) is 3.18. The maximum atomic E-state index is 8.75. The molecule has 0 bridgehead atoms. The van der Waals surface area contributed by atoms with Crippen LogP contribution in [0.4, 0.5) is 0 Å². The summed E-state index contributed by atoms with van der Waals surface area (Å²) in [5.41, 5.74) is 0. The zero-order valence-electron chi connectivity index (χ0n) is 10.8. The van der Waals surface area contributed by atoms with Gasteiger partial charge in [-0.05, 0) is 5.92 Å². The van der Waals surface area contributed by atoms with Crippen molar-refractivity contribution in [2.45, 2.75) is 13.8 Å². The molecule has 0 unspecified atom stereocenters. The van der Waals surface area contributed by atoms with Crippen LogP contribution in [0.25, 0.3) is 0 Å². The fourth-order valence-corrected chi connectivity index (χ4v) is 2.38. The Morgan fingerprint density at radius 2 is 1.75 bits per heavy atom. The number of nitrogens with one attached hydrogen (secondary N) is 1. The van der Waals surface area contributed by atoms with Crippen LogP contribution in [-0.4, -0.2) is 73.9 Å². The maximum absolute atomic E-state index is 8.75. The maximum Gasteiger partial charge on any atom is 0.0558 e. The Kier molecular flexibility index (Phi) is 6.96. The number of piperazine rings is 1. The van der Waals surface area contributed by atoms with Gasteiger partial charge < -0.3 is 20.2 Å². The average Bonchev–Trinajstić information content (AvgIpc) is 2.30. The van der Waals surface area contributed by atoms with Crippen LogP contribution in [0.15, 0.2) is 0 Å². The number of β-amino-alcohol motifs (C(OH)–C–C–N with tert-alkyl or cyclic N) is 1. The zero-order valence-corrected chi connectivity index (χ0v) is 10.8. The Morgan fingerprint density at radius 1 is 1.12 bits per heavy atom. The number of rotatable bonds is 4. The summed E-state index contributed by atoms with van der Waals surface area (Å²) < 4.78 is 0. The van der Waals surface area contributed by atoms with Crippen LogP contribution < -0.4 is 5.32 Å². The first kappa shape index (κ1) is 13.9. The lowest BCUT2D eigenvalue weighted by Gasteiger charge is -2.42. The molecule has 2 saturated heterocycles. The topological polar surface area (TPSA) is 38.7 Å². The molecule has 0 aromatic carbocycles. The molecule has 0 aromatic heterocycles. The summed E-state index contributed by atoms with van der Waals surface area (Å²) in [4.78, 5) is 4.88. The largest absolute Gasteiger partial charge is 0.395 e. The number of likely N-dealkylation sites (tertiary alicyclic amines) is 1. The van der Waals surface area contributed by atoms with E-state index in [-0.39, 0.29) is 0 Å². The van der Waals surface area contributed by atoms with Crippen LogP contribution in [-0.2, 0) is 0 Å². The van der Waals surface area contributed by atoms with Crippen LogP contribution in [0.5, 0.6) is 0 Å². The summed E-state index contributed by atoms with van der Waals surface area (Å²) in [5, 5.41) is 12.1. The highest BCUT2D eigenvalue weighted by Gasteiger charge is 2.27. The first-order valence-corrected chi connectivity index (χ1v) is 6.65. The monoisotopic (exact) mass is 229 g/mol. The SMILES string of the molecule is CC.OCCN1CC(CN2CCNCC2)C1. The van der Waals surface area contributed by atoms with Crippen molar-refractivity contribution >= 4 is 0 Å². The molecule has 16 heavy (non-hydrogen) atoms. The van der Waals surface area contributed by atoms with Crippen LogP contribution in [0.1, 0.15) is 13.8 Å². The van der Waals surface area contributed by atoms with Crippen LogP contribution in [0, 0.1) is 5.92 Å². The Morgan fingerprint density at radius 3 is 2.31 bits per heavy atom. The van der Waals surface area contributed by atoms with Gasteiger partial charge in [-0.2, -0.15) is 0 Å². The van der Waals surface area contributed by atoms with E-state index >= 15 is 0 Å². The molecule has 0 saturated carbocycles. The van der Waals surface area contributed by atoms with E-state index in [1.54, 1.807) is 0 Å². The van der Waals surface area contributed by atoms with Gasteiger partial charge in [-0.15, -0.1) is 0 Å². The Bertz CT molecular complexity index is 166. The molecule has 4 nitrogen and oxygen atoms in total. The minimum absolute atomic E-state index is 0.306. The van der Waals surface area contributed by atoms with E-state index in [1.807, 2.05) is 13.8 Å². The molecule has 2 aliphatic heterocycles. The van der Waals surface area contributed by atoms with Crippen molar-refractivity contribution in [2.24, 2.45) is 5.92 Å². The van der Waals surface area contributed by atoms with E-state index in [2.05, 4.69) is 15.1 Å². The van der Waals surface area contributed by atoms with Crippen molar-refractivity contribution in [3.63, 3.8) is 0 Å². The molecule has 2 rings (SSSR count). The molecular weight excluding hydrogens is 202 g/mol. The first-order chi connectivity index (χ1) is 7.88. The molecule has 0 aliphatic carbocycles. The number of hydrogen-bond acceptors (Lipinski definition) is 4. The van der Waals surface area contributed by atoms with E-state index in [9.17, 15) is 0 Å². The summed E-state index contributed by atoms with van der Waals surface area (Å²) in [7, 11) is 0. The van der Waals surface area contributed by atoms with Gasteiger partial charge in [0.25, 0.3) is 0 Å². The lowest BCUT2D eigenvalue weighted by Crippen LogP contribution is -2.54. The number of aliphatic hydroxyl groups excluding tert-OH is 1. The smallest absolute Gasteiger partial charge is 0.0558 e. The average molecular weight is 229 g/mol. The Labute approximate surface area is 99.6 Å². The van der Waals surface area contributed by atoms with Crippen molar-refractivity contribution in [1.82, 2.24) is 15.1 Å². The van der Waals surface area contributed by atoms with E-state index < -0.39 is 0 Å². The standard InChI is InChI=1S/C10H21N3O.C2H6/c14-6-5-13-8-10(9-13)7-12-3-1-11-2-4-12;1-2/h10-11,14H,1-9H2;1-2H3. The molecule has 0 radical (unpaired) electrons. The first-order valence-electron chi connectivity index (χ1n) is 6.65. The fraction of sp³-hybridized carbons (Fsp3) is 1.00. The quantitative estimate of drug-likeness (QED) is 0.703. The highest BCUT2D eigenvalue weighted by atomic mass is 16.3. The van der Waals surface area contributed by atoms with Crippen LogP contribution >= 0.6 is 0 Å². The van der Waals surface area contributed by atoms with Crippen molar-refractivity contribution in [3.05, 3.63) is 0 Å². The summed E-state index contributed by atoms with van der Waals surface area (Å²) in [6.45, 7) is 13.5. The minimum Gasteiger partial charge on any atom is -0.395 e. The lowest BCUT2D eigenvalue weighted by molar-refractivity contribution is 0.0497. The van der Waals surface area contributed by atoms with Gasteiger partial charge in [-0.1, -0.05) is 13.8 Å². The second-order valence-corrected chi connectivity index (χ2v) is 4.40. The highest BCUT2D eigenvalue weighted by molar-refractivity contribution is 4.83.